The first-order valence-corrected chi connectivity index (χ1v) is 17.2. The Morgan fingerprint density at radius 3 is 2.33 bits per heavy atom. The first-order valence-electron chi connectivity index (χ1n) is 16.8. The van der Waals surface area contributed by atoms with Gasteiger partial charge in [0, 0.05) is 26.8 Å². The van der Waals surface area contributed by atoms with Crippen molar-refractivity contribution in [3.63, 3.8) is 0 Å². The quantitative estimate of drug-likeness (QED) is 0.0447. The van der Waals surface area contributed by atoms with Crippen LogP contribution in [0.3, 0.4) is 0 Å². The summed E-state index contributed by atoms with van der Waals surface area (Å²) in [6.07, 6.45) is 5.24. The van der Waals surface area contributed by atoms with Gasteiger partial charge in [0.25, 0.3) is 5.60 Å². The topological polar surface area (TPSA) is 179 Å². The molecule has 0 radical (unpaired) electrons. The highest BCUT2D eigenvalue weighted by atomic mass is 35.5. The summed E-state index contributed by atoms with van der Waals surface area (Å²) in [6.45, 7) is 5.00. The second-order valence-electron chi connectivity index (χ2n) is 12.0. The molecule has 1 aliphatic rings. The number of terminal acetylenes is 1. The maximum atomic E-state index is 13.8. The number of nitrogens with one attached hydrogen (secondary N) is 1. The molecule has 3 heterocycles. The Morgan fingerprint density at radius 2 is 1.72 bits per heavy atom. The maximum Gasteiger partial charge on any atom is 0.355 e. The number of hydrogen-bond acceptors (Lipinski definition) is 14. The summed E-state index contributed by atoms with van der Waals surface area (Å²) in [5, 5.41) is 3.06. The zero-order valence-electron chi connectivity index (χ0n) is 29.9. The summed E-state index contributed by atoms with van der Waals surface area (Å²) in [5.41, 5.74) is -2.71. The van der Waals surface area contributed by atoms with Crippen LogP contribution in [0.4, 0.5) is 5.82 Å². The third-order valence-electron chi connectivity index (χ3n) is 8.29. The van der Waals surface area contributed by atoms with Crippen LogP contribution in [0.2, 0.25) is 5.28 Å². The SMILES string of the molecule is C#C[C@@]1(OC(C)=O)[C@@H](COC(Cc2ccccc2)(C(=O)O/C=C\C)C(=O)OCC)O[C@@H](n2cnc3c(NCc4ccccc4)nc(Cl)nc32)[C@@H]1OC(C)=O. The lowest BCUT2D eigenvalue weighted by Crippen LogP contribution is -2.57. The van der Waals surface area contributed by atoms with E-state index in [9.17, 15) is 19.2 Å². The smallest absolute Gasteiger partial charge is 0.355 e. The predicted molar refractivity (Wildman–Crippen MR) is 193 cm³/mol. The maximum absolute atomic E-state index is 13.8. The molecule has 5 atom stereocenters. The van der Waals surface area contributed by atoms with Gasteiger partial charge in [-0.05, 0) is 36.6 Å². The minimum Gasteiger partial charge on any atom is -0.463 e. The number of anilines is 1. The number of hydrogen-bond donors (Lipinski definition) is 1. The molecule has 0 saturated carbocycles. The highest BCUT2D eigenvalue weighted by molar-refractivity contribution is 6.28. The number of esters is 4. The Hall–Kier alpha value is -5.82. The number of ether oxygens (including phenoxy) is 6. The second kappa shape index (κ2) is 17.3. The van der Waals surface area contributed by atoms with Gasteiger partial charge < -0.3 is 33.7 Å². The molecule has 15 nitrogen and oxygen atoms in total. The van der Waals surface area contributed by atoms with E-state index in [-0.39, 0.29) is 35.3 Å². The lowest BCUT2D eigenvalue weighted by atomic mass is 9.91. The lowest BCUT2D eigenvalue weighted by molar-refractivity contribution is -0.198. The Morgan fingerprint density at radius 1 is 1.04 bits per heavy atom. The first kappa shape index (κ1) is 39.4. The van der Waals surface area contributed by atoms with E-state index in [2.05, 4.69) is 26.2 Å². The van der Waals surface area contributed by atoms with Crippen molar-refractivity contribution in [3.8, 4) is 12.3 Å². The number of rotatable bonds is 15. The lowest BCUT2D eigenvalue weighted by Gasteiger charge is -2.34. The van der Waals surface area contributed by atoms with Crippen LogP contribution in [-0.2, 0) is 60.6 Å². The average molecular weight is 760 g/mol. The molecule has 54 heavy (non-hydrogen) atoms. The summed E-state index contributed by atoms with van der Waals surface area (Å²) in [6, 6.07) is 18.1. The fourth-order valence-corrected chi connectivity index (χ4v) is 6.12. The first-order chi connectivity index (χ1) is 26.0. The third kappa shape index (κ3) is 8.36. The molecule has 0 aliphatic carbocycles. The van der Waals surface area contributed by atoms with E-state index in [0.29, 0.717) is 12.1 Å². The molecule has 1 saturated heterocycles. The average Bonchev–Trinajstić information content (AvgIpc) is 3.70. The van der Waals surface area contributed by atoms with Crippen LogP contribution in [0.1, 0.15) is 45.0 Å². The summed E-state index contributed by atoms with van der Waals surface area (Å²) in [7, 11) is 0. The van der Waals surface area contributed by atoms with Gasteiger partial charge in [0.05, 0.1) is 25.8 Å². The van der Waals surface area contributed by atoms with Gasteiger partial charge in [-0.1, -0.05) is 72.7 Å². The van der Waals surface area contributed by atoms with Crippen LogP contribution in [0.5, 0.6) is 0 Å². The largest absolute Gasteiger partial charge is 0.463 e. The molecular weight excluding hydrogens is 722 g/mol. The molecule has 1 N–H and O–H groups in total. The van der Waals surface area contributed by atoms with Gasteiger partial charge in [0.1, 0.15) is 6.10 Å². The number of aromatic nitrogens is 4. The van der Waals surface area contributed by atoms with E-state index in [1.54, 1.807) is 44.2 Å². The number of imidazole rings is 1. The van der Waals surface area contributed by atoms with E-state index < -0.39 is 60.1 Å². The Bertz CT molecular complexity index is 2050. The molecule has 16 heteroatoms. The highest BCUT2D eigenvalue weighted by Gasteiger charge is 2.63. The molecule has 282 valence electrons. The van der Waals surface area contributed by atoms with Gasteiger partial charge in [0.2, 0.25) is 17.0 Å². The number of halogens is 1. The predicted octanol–water partition coefficient (Wildman–Crippen LogP) is 4.49. The molecule has 4 aromatic rings. The number of allylic oxidation sites excluding steroid dienone is 1. The number of fused-ring (bicyclic) bond motifs is 1. The van der Waals surface area contributed by atoms with Crippen molar-refractivity contribution in [2.75, 3.05) is 18.5 Å². The summed E-state index contributed by atoms with van der Waals surface area (Å²) < 4.78 is 36.2. The zero-order chi connectivity index (χ0) is 38.9. The molecule has 2 aromatic heterocycles. The Kier molecular flexibility index (Phi) is 12.6. The van der Waals surface area contributed by atoms with Gasteiger partial charge in [-0.25, -0.2) is 14.6 Å². The van der Waals surface area contributed by atoms with E-state index in [4.69, 9.17) is 46.4 Å². The molecule has 0 spiro atoms. The van der Waals surface area contributed by atoms with Crippen molar-refractivity contribution in [2.45, 2.75) is 70.3 Å². The van der Waals surface area contributed by atoms with Crippen LogP contribution in [0, 0.1) is 12.3 Å². The molecule has 1 fully saturated rings. The van der Waals surface area contributed by atoms with Crippen LogP contribution in [-0.4, -0.2) is 80.0 Å². The van der Waals surface area contributed by atoms with Crippen LogP contribution in [0.15, 0.2) is 79.3 Å². The van der Waals surface area contributed by atoms with Crippen molar-refractivity contribution in [2.24, 2.45) is 0 Å². The van der Waals surface area contributed by atoms with Gasteiger partial charge in [0.15, 0.2) is 23.2 Å². The van der Waals surface area contributed by atoms with Gasteiger partial charge in [-0.2, -0.15) is 9.97 Å². The van der Waals surface area contributed by atoms with Gasteiger partial charge in [-0.3, -0.25) is 14.2 Å². The normalized spacial score (nSPS) is 20.5. The van der Waals surface area contributed by atoms with Crippen molar-refractivity contribution < 1.29 is 47.6 Å². The van der Waals surface area contributed by atoms with Crippen LogP contribution >= 0.6 is 11.6 Å². The zero-order valence-corrected chi connectivity index (χ0v) is 30.6. The molecule has 5 rings (SSSR count). The van der Waals surface area contributed by atoms with Gasteiger partial charge in [-0.15, -0.1) is 6.42 Å². The monoisotopic (exact) mass is 759 g/mol. The van der Waals surface area contributed by atoms with E-state index >= 15 is 0 Å². The second-order valence-corrected chi connectivity index (χ2v) is 12.3. The van der Waals surface area contributed by atoms with Crippen molar-refractivity contribution >= 4 is 52.5 Å². The van der Waals surface area contributed by atoms with Gasteiger partial charge >= 0.3 is 23.9 Å². The minimum absolute atomic E-state index is 0.103. The van der Waals surface area contributed by atoms with E-state index in [0.717, 1.165) is 25.7 Å². The Labute approximate surface area is 315 Å². The van der Waals surface area contributed by atoms with Crippen molar-refractivity contribution in [1.82, 2.24) is 19.5 Å². The molecule has 2 aromatic carbocycles. The number of benzene rings is 2. The fraction of sp³-hybridized carbons (Fsp3) is 0.342. The molecule has 0 bridgehead atoms. The van der Waals surface area contributed by atoms with E-state index in [1.165, 1.54) is 17.0 Å². The third-order valence-corrected chi connectivity index (χ3v) is 8.46. The molecule has 1 aliphatic heterocycles. The van der Waals surface area contributed by atoms with E-state index in [1.807, 2.05) is 30.3 Å². The highest BCUT2D eigenvalue weighted by Crippen LogP contribution is 2.44. The van der Waals surface area contributed by atoms with Crippen LogP contribution in [0.25, 0.3) is 11.2 Å². The summed E-state index contributed by atoms with van der Waals surface area (Å²) in [4.78, 5) is 66.1. The number of carbonyl (C=O) groups is 4. The number of nitrogens with zero attached hydrogens (tertiary/aromatic N) is 4. The standard InChI is InChI=1S/C38H38ClN5O10/c1-6-19-50-35(48)38(34(47)49-8-3,20-26-15-11-9-12-16-26)51-22-28-37(7-2,54-25(5)46)30(52-24(4)45)33(53-28)44-23-41-29-31(42-36(39)43-32(29)44)40-21-27-17-13-10-14-18-27/h2,6,9-19,23,28,30,33H,8,20-22H2,1,3-5H3,(H,40,42,43)/b19-6-/t28-,30+,33-,37-,38?/m1/s1. The minimum atomic E-state index is -2.41. The summed E-state index contributed by atoms with van der Waals surface area (Å²) >= 11 is 6.39. The number of carbonyl (C=O) groups excluding carboxylic acids is 4. The van der Waals surface area contributed by atoms with Crippen molar-refractivity contribution in [3.05, 3.63) is 95.7 Å². The Balaban J connectivity index is 1.59. The van der Waals surface area contributed by atoms with Crippen LogP contribution < -0.4 is 5.32 Å². The fourth-order valence-electron chi connectivity index (χ4n) is 5.95. The van der Waals surface area contributed by atoms with Crippen molar-refractivity contribution in [1.29, 1.82) is 0 Å². The molecular formula is C38H38ClN5O10. The molecule has 1 unspecified atom stereocenters. The summed E-state index contributed by atoms with van der Waals surface area (Å²) in [5.74, 6) is -1.09. The molecule has 0 amide bonds.